The van der Waals surface area contributed by atoms with Crippen LogP contribution < -0.4 is 0 Å². The molecular weight excluding hydrogens is 221 g/mol. The molecule has 12 heavy (non-hydrogen) atoms. The van der Waals surface area contributed by atoms with Crippen LogP contribution in [0.15, 0.2) is 22.8 Å². The highest BCUT2D eigenvalue weighted by Crippen LogP contribution is 2.26. The Morgan fingerprint density at radius 3 is 2.92 bits per heavy atom. The van der Waals surface area contributed by atoms with Crippen LogP contribution in [0.5, 0.6) is 0 Å². The standard InChI is InChI=1S/C9H7BrFN/c1-5-4-12-7-3-2-6(10)9(11)8(5)7/h2-4,12H,1H3. The molecule has 0 saturated carbocycles. The second-order valence-electron chi connectivity index (χ2n) is 2.76. The molecule has 3 heteroatoms. The van der Waals surface area contributed by atoms with Crippen molar-refractivity contribution in [1.82, 2.24) is 4.98 Å². The van der Waals surface area contributed by atoms with E-state index in [-0.39, 0.29) is 5.82 Å². The van der Waals surface area contributed by atoms with E-state index in [1.54, 1.807) is 12.3 Å². The van der Waals surface area contributed by atoms with Crippen molar-refractivity contribution in [2.75, 3.05) is 0 Å². The van der Waals surface area contributed by atoms with Crippen LogP contribution in [0.1, 0.15) is 5.56 Å². The van der Waals surface area contributed by atoms with Crippen LogP contribution in [-0.2, 0) is 0 Å². The third kappa shape index (κ3) is 0.966. The first-order valence-corrected chi connectivity index (χ1v) is 4.41. The first-order valence-electron chi connectivity index (χ1n) is 3.62. The van der Waals surface area contributed by atoms with Crippen LogP contribution >= 0.6 is 15.9 Å². The van der Waals surface area contributed by atoms with Crippen molar-refractivity contribution in [3.05, 3.63) is 34.2 Å². The molecule has 62 valence electrons. The largest absolute Gasteiger partial charge is 0.361 e. The van der Waals surface area contributed by atoms with E-state index in [2.05, 4.69) is 20.9 Å². The Morgan fingerprint density at radius 2 is 2.17 bits per heavy atom. The van der Waals surface area contributed by atoms with E-state index in [0.29, 0.717) is 9.86 Å². The smallest absolute Gasteiger partial charge is 0.146 e. The van der Waals surface area contributed by atoms with Crippen LogP contribution in [-0.4, -0.2) is 4.98 Å². The zero-order chi connectivity index (χ0) is 8.72. The first-order chi connectivity index (χ1) is 5.70. The summed E-state index contributed by atoms with van der Waals surface area (Å²) in [7, 11) is 0. The zero-order valence-corrected chi connectivity index (χ0v) is 8.07. The van der Waals surface area contributed by atoms with Gasteiger partial charge in [-0.15, -0.1) is 0 Å². The minimum absolute atomic E-state index is 0.189. The van der Waals surface area contributed by atoms with Gasteiger partial charge in [0, 0.05) is 17.1 Å². The summed E-state index contributed by atoms with van der Waals surface area (Å²) in [5, 5.41) is 0.671. The summed E-state index contributed by atoms with van der Waals surface area (Å²) in [5.41, 5.74) is 1.78. The fourth-order valence-electron chi connectivity index (χ4n) is 1.31. The quantitative estimate of drug-likeness (QED) is 0.711. The number of fused-ring (bicyclic) bond motifs is 1. The number of aromatic amines is 1. The fraction of sp³-hybridized carbons (Fsp3) is 0.111. The van der Waals surface area contributed by atoms with E-state index in [1.165, 1.54) is 0 Å². The molecule has 0 fully saturated rings. The lowest BCUT2D eigenvalue weighted by Crippen LogP contribution is -1.79. The second kappa shape index (κ2) is 2.59. The van der Waals surface area contributed by atoms with Gasteiger partial charge < -0.3 is 4.98 Å². The van der Waals surface area contributed by atoms with Gasteiger partial charge in [0.25, 0.3) is 0 Å². The number of aromatic nitrogens is 1. The molecule has 0 bridgehead atoms. The van der Waals surface area contributed by atoms with Gasteiger partial charge in [0.15, 0.2) is 0 Å². The molecular formula is C9H7BrFN. The van der Waals surface area contributed by atoms with E-state index in [1.807, 2.05) is 13.0 Å². The molecule has 0 radical (unpaired) electrons. The maximum atomic E-state index is 13.4. The van der Waals surface area contributed by atoms with Gasteiger partial charge in [0.2, 0.25) is 0 Å². The van der Waals surface area contributed by atoms with E-state index < -0.39 is 0 Å². The number of halogens is 2. The average molecular weight is 228 g/mol. The van der Waals surface area contributed by atoms with Crippen LogP contribution in [0.25, 0.3) is 10.9 Å². The molecule has 1 aromatic heterocycles. The molecule has 1 aromatic carbocycles. The molecule has 0 saturated heterocycles. The summed E-state index contributed by atoms with van der Waals surface area (Å²) < 4.78 is 13.9. The molecule has 1 N–H and O–H groups in total. The maximum Gasteiger partial charge on any atom is 0.146 e. The van der Waals surface area contributed by atoms with Gasteiger partial charge >= 0.3 is 0 Å². The van der Waals surface area contributed by atoms with Crippen LogP contribution in [0, 0.1) is 12.7 Å². The second-order valence-corrected chi connectivity index (χ2v) is 3.61. The Kier molecular flexibility index (Phi) is 1.68. The minimum Gasteiger partial charge on any atom is -0.361 e. The third-order valence-corrected chi connectivity index (χ3v) is 2.55. The third-order valence-electron chi connectivity index (χ3n) is 1.93. The Hall–Kier alpha value is -0.830. The van der Waals surface area contributed by atoms with Gasteiger partial charge in [-0.05, 0) is 40.5 Å². The summed E-state index contributed by atoms with van der Waals surface area (Å²) in [6.45, 7) is 1.88. The van der Waals surface area contributed by atoms with Crippen molar-refractivity contribution in [1.29, 1.82) is 0 Å². The number of aryl methyl sites for hydroxylation is 1. The molecule has 0 aliphatic heterocycles. The summed E-state index contributed by atoms with van der Waals surface area (Å²) >= 11 is 3.15. The lowest BCUT2D eigenvalue weighted by Gasteiger charge is -1.96. The van der Waals surface area contributed by atoms with Gasteiger partial charge in [0.1, 0.15) is 5.82 Å². The van der Waals surface area contributed by atoms with Gasteiger partial charge in [-0.3, -0.25) is 0 Å². The average Bonchev–Trinajstić information content (AvgIpc) is 2.41. The van der Waals surface area contributed by atoms with E-state index >= 15 is 0 Å². The lowest BCUT2D eigenvalue weighted by atomic mass is 10.2. The van der Waals surface area contributed by atoms with Gasteiger partial charge in [-0.25, -0.2) is 4.39 Å². The normalized spacial score (nSPS) is 10.9. The Bertz CT molecular complexity index is 433. The highest BCUT2D eigenvalue weighted by Gasteiger charge is 2.07. The van der Waals surface area contributed by atoms with E-state index in [9.17, 15) is 4.39 Å². The van der Waals surface area contributed by atoms with Crippen LogP contribution in [0.4, 0.5) is 4.39 Å². The molecule has 1 nitrogen and oxygen atoms in total. The summed E-state index contributed by atoms with van der Waals surface area (Å²) in [6.07, 6.45) is 1.81. The summed E-state index contributed by atoms with van der Waals surface area (Å²) in [4.78, 5) is 3.00. The molecule has 0 spiro atoms. The molecule has 0 aliphatic carbocycles. The number of hydrogen-bond acceptors (Lipinski definition) is 0. The number of hydrogen-bond donors (Lipinski definition) is 1. The predicted molar refractivity (Wildman–Crippen MR) is 50.7 cm³/mol. The molecule has 2 rings (SSSR count). The molecule has 0 amide bonds. The Morgan fingerprint density at radius 1 is 1.42 bits per heavy atom. The number of nitrogens with one attached hydrogen (secondary N) is 1. The molecule has 0 unspecified atom stereocenters. The number of H-pyrrole nitrogens is 1. The number of rotatable bonds is 0. The minimum atomic E-state index is -0.189. The Labute approximate surface area is 77.7 Å². The van der Waals surface area contributed by atoms with Crippen molar-refractivity contribution in [2.45, 2.75) is 6.92 Å². The monoisotopic (exact) mass is 227 g/mol. The van der Waals surface area contributed by atoms with Crippen molar-refractivity contribution in [3.8, 4) is 0 Å². The lowest BCUT2D eigenvalue weighted by molar-refractivity contribution is 0.633. The van der Waals surface area contributed by atoms with Gasteiger partial charge in [-0.1, -0.05) is 0 Å². The predicted octanol–water partition coefficient (Wildman–Crippen LogP) is 3.38. The maximum absolute atomic E-state index is 13.4. The van der Waals surface area contributed by atoms with Crippen LogP contribution in [0.2, 0.25) is 0 Å². The first kappa shape index (κ1) is 7.80. The van der Waals surface area contributed by atoms with E-state index in [0.717, 1.165) is 11.1 Å². The summed E-state index contributed by atoms with van der Waals surface area (Å²) in [5.74, 6) is -0.189. The van der Waals surface area contributed by atoms with Gasteiger partial charge in [-0.2, -0.15) is 0 Å². The number of benzene rings is 1. The van der Waals surface area contributed by atoms with E-state index in [4.69, 9.17) is 0 Å². The highest BCUT2D eigenvalue weighted by atomic mass is 79.9. The molecule has 1 heterocycles. The van der Waals surface area contributed by atoms with Gasteiger partial charge in [0.05, 0.1) is 4.47 Å². The molecule has 0 aliphatic rings. The Balaban J connectivity index is 2.96. The fourth-order valence-corrected chi connectivity index (χ4v) is 1.65. The van der Waals surface area contributed by atoms with Crippen molar-refractivity contribution >= 4 is 26.8 Å². The molecule has 2 aromatic rings. The summed E-state index contributed by atoms with van der Waals surface area (Å²) in [6, 6.07) is 3.56. The SMILES string of the molecule is Cc1c[nH]c2ccc(Br)c(F)c12. The van der Waals surface area contributed by atoms with Crippen molar-refractivity contribution < 1.29 is 4.39 Å². The van der Waals surface area contributed by atoms with Crippen molar-refractivity contribution in [2.24, 2.45) is 0 Å². The molecule has 0 atom stereocenters. The topological polar surface area (TPSA) is 15.8 Å². The zero-order valence-electron chi connectivity index (χ0n) is 6.49. The highest BCUT2D eigenvalue weighted by molar-refractivity contribution is 9.10. The van der Waals surface area contributed by atoms with Crippen molar-refractivity contribution in [3.63, 3.8) is 0 Å². The van der Waals surface area contributed by atoms with Crippen LogP contribution in [0.3, 0.4) is 0 Å².